The second-order valence-electron chi connectivity index (χ2n) is 9.73. The van der Waals surface area contributed by atoms with E-state index in [0.29, 0.717) is 6.54 Å². The van der Waals surface area contributed by atoms with Crippen LogP contribution in [0.4, 0.5) is 0 Å². The molecule has 4 nitrogen and oxygen atoms in total. The molecule has 145 valence electrons. The molecule has 1 aromatic carbocycles. The standard InChI is InChI=1S/C20H34NO3Si2/c1-19(2,3)15-11-10-14(25(7)23-17-13-21-18(17)22)12-16(15)24-26(8,9)20(4,5)6/h10-12,17H,13H2,1-9H3,(H,21,22)/t17-/m1/s1. The molecule has 1 fully saturated rings. The minimum Gasteiger partial charge on any atom is -0.543 e. The third-order valence-electron chi connectivity index (χ3n) is 5.44. The van der Waals surface area contributed by atoms with Crippen LogP contribution in [-0.2, 0) is 14.6 Å². The topological polar surface area (TPSA) is 47.6 Å². The lowest BCUT2D eigenvalue weighted by Gasteiger charge is -2.38. The van der Waals surface area contributed by atoms with E-state index >= 15 is 0 Å². The molecule has 0 saturated carbocycles. The van der Waals surface area contributed by atoms with Crippen LogP contribution in [-0.4, -0.2) is 35.9 Å². The molecule has 0 unspecified atom stereocenters. The molecule has 6 heteroatoms. The van der Waals surface area contributed by atoms with Gasteiger partial charge in [-0.05, 0) is 46.9 Å². The quantitative estimate of drug-likeness (QED) is 0.614. The van der Waals surface area contributed by atoms with E-state index in [9.17, 15) is 4.79 Å². The molecule has 0 aliphatic carbocycles. The number of amides is 1. The van der Waals surface area contributed by atoms with Crippen molar-refractivity contribution >= 4 is 28.5 Å². The third-order valence-corrected chi connectivity index (χ3v) is 11.5. The highest BCUT2D eigenvalue weighted by Gasteiger charge is 2.40. The molecule has 26 heavy (non-hydrogen) atoms. The monoisotopic (exact) mass is 392 g/mol. The van der Waals surface area contributed by atoms with Crippen LogP contribution in [0.25, 0.3) is 0 Å². The van der Waals surface area contributed by atoms with E-state index in [1.165, 1.54) is 5.56 Å². The van der Waals surface area contributed by atoms with Crippen LogP contribution >= 0.6 is 0 Å². The number of benzene rings is 1. The average molecular weight is 393 g/mol. The van der Waals surface area contributed by atoms with Crippen LogP contribution in [0.2, 0.25) is 24.7 Å². The van der Waals surface area contributed by atoms with Gasteiger partial charge in [-0.3, -0.25) is 4.79 Å². The van der Waals surface area contributed by atoms with Gasteiger partial charge in [0, 0.05) is 0 Å². The number of carbonyl (C=O) groups excluding carboxylic acids is 1. The smallest absolute Gasteiger partial charge is 0.250 e. The van der Waals surface area contributed by atoms with Crippen molar-refractivity contribution < 1.29 is 13.6 Å². The normalized spacial score (nSPS) is 18.5. The minimum atomic E-state index is -1.95. The van der Waals surface area contributed by atoms with E-state index in [2.05, 4.69) is 84.7 Å². The highest BCUT2D eigenvalue weighted by molar-refractivity contribution is 6.74. The van der Waals surface area contributed by atoms with Crippen LogP contribution in [0.5, 0.6) is 5.75 Å². The first kappa shape index (κ1) is 21.2. The maximum Gasteiger partial charge on any atom is 0.250 e. The van der Waals surface area contributed by atoms with Crippen molar-refractivity contribution in [1.82, 2.24) is 5.32 Å². The molecular weight excluding hydrogens is 358 g/mol. The van der Waals surface area contributed by atoms with Crippen LogP contribution in [0.1, 0.15) is 47.1 Å². The molecule has 1 aromatic rings. The summed E-state index contributed by atoms with van der Waals surface area (Å²) in [5, 5.41) is 4.02. The molecule has 1 atom stereocenters. The Kier molecular flexibility index (Phi) is 5.81. The van der Waals surface area contributed by atoms with Crippen molar-refractivity contribution in [3.8, 4) is 5.75 Å². The SMILES string of the molecule is C[Si](O[C@@H]1CNC1=O)c1ccc(C(C)(C)C)c(O[Si](C)(C)C(C)(C)C)c1. The number of β-lactam (4-membered cyclic amide) rings is 1. The number of hydrogen-bond donors (Lipinski definition) is 1. The Labute approximate surface area is 161 Å². The number of hydrogen-bond acceptors (Lipinski definition) is 3. The maximum absolute atomic E-state index is 11.5. The lowest BCUT2D eigenvalue weighted by Crippen LogP contribution is -2.57. The van der Waals surface area contributed by atoms with Gasteiger partial charge < -0.3 is 14.2 Å². The second-order valence-corrected chi connectivity index (χ2v) is 16.4. The first-order valence-electron chi connectivity index (χ1n) is 9.34. The number of carbonyl (C=O) groups is 1. The Balaban J connectivity index is 2.34. The Hall–Kier alpha value is -1.12. The summed E-state index contributed by atoms with van der Waals surface area (Å²) in [5.74, 6) is 0.978. The summed E-state index contributed by atoms with van der Waals surface area (Å²) in [7, 11) is -3.20. The van der Waals surface area contributed by atoms with Crippen LogP contribution in [0.15, 0.2) is 18.2 Å². The Bertz CT molecular complexity index is 675. The first-order chi connectivity index (χ1) is 11.7. The summed E-state index contributed by atoms with van der Waals surface area (Å²) in [6, 6.07) is 6.48. The largest absolute Gasteiger partial charge is 0.543 e. The predicted molar refractivity (Wildman–Crippen MR) is 112 cm³/mol. The predicted octanol–water partition coefficient (Wildman–Crippen LogP) is 3.71. The summed E-state index contributed by atoms with van der Waals surface area (Å²) in [5.41, 5.74) is 1.23. The molecule has 2 rings (SSSR count). The average Bonchev–Trinajstić information content (AvgIpc) is 2.48. The van der Waals surface area contributed by atoms with Crippen LogP contribution < -0.4 is 14.9 Å². The van der Waals surface area contributed by atoms with Gasteiger partial charge in [0.2, 0.25) is 23.3 Å². The summed E-state index contributed by atoms with van der Waals surface area (Å²) in [6.07, 6.45) is -0.291. The van der Waals surface area contributed by atoms with Crippen molar-refractivity contribution in [3.63, 3.8) is 0 Å². The van der Waals surface area contributed by atoms with Crippen molar-refractivity contribution in [2.45, 2.75) is 77.7 Å². The third kappa shape index (κ3) is 4.59. The van der Waals surface area contributed by atoms with Gasteiger partial charge in [0.05, 0.1) is 6.54 Å². The molecule has 1 aliphatic heterocycles. The highest BCUT2D eigenvalue weighted by Crippen LogP contribution is 2.40. The fourth-order valence-corrected chi connectivity index (χ4v) is 4.95. The Morgan fingerprint density at radius 1 is 1.15 bits per heavy atom. The van der Waals surface area contributed by atoms with E-state index in [1.807, 2.05) is 0 Å². The Morgan fingerprint density at radius 3 is 2.19 bits per heavy atom. The molecule has 0 aromatic heterocycles. The first-order valence-corrected chi connectivity index (χ1v) is 14.2. The van der Waals surface area contributed by atoms with Gasteiger partial charge in [-0.1, -0.05) is 53.7 Å². The van der Waals surface area contributed by atoms with Gasteiger partial charge >= 0.3 is 0 Å². The summed E-state index contributed by atoms with van der Waals surface area (Å²) >= 11 is 0. The Morgan fingerprint density at radius 2 is 1.77 bits per heavy atom. The van der Waals surface area contributed by atoms with Crippen molar-refractivity contribution in [2.24, 2.45) is 0 Å². The summed E-state index contributed by atoms with van der Waals surface area (Å²) < 4.78 is 12.7. The van der Waals surface area contributed by atoms with E-state index in [4.69, 9.17) is 8.85 Å². The molecule has 0 bridgehead atoms. The zero-order valence-corrected chi connectivity index (χ0v) is 19.7. The zero-order chi connectivity index (χ0) is 19.9. The molecule has 0 spiro atoms. The van der Waals surface area contributed by atoms with E-state index in [0.717, 1.165) is 10.9 Å². The lowest BCUT2D eigenvalue weighted by molar-refractivity contribution is -0.135. The molecule has 1 radical (unpaired) electrons. The van der Waals surface area contributed by atoms with Gasteiger partial charge in [0.1, 0.15) is 11.9 Å². The molecular formula is C20H34NO3Si2. The molecule has 1 N–H and O–H groups in total. The minimum absolute atomic E-state index is 0.00147. The number of rotatable bonds is 5. The van der Waals surface area contributed by atoms with Crippen molar-refractivity contribution in [1.29, 1.82) is 0 Å². The molecule has 1 saturated heterocycles. The van der Waals surface area contributed by atoms with Gasteiger partial charge in [-0.15, -0.1) is 0 Å². The molecule has 1 heterocycles. The second kappa shape index (κ2) is 7.13. The number of nitrogens with one attached hydrogen (secondary N) is 1. The maximum atomic E-state index is 11.5. The van der Waals surface area contributed by atoms with Crippen LogP contribution in [0, 0.1) is 0 Å². The summed E-state index contributed by atoms with van der Waals surface area (Å²) in [4.78, 5) is 11.5. The van der Waals surface area contributed by atoms with Gasteiger partial charge in [0.15, 0.2) is 0 Å². The van der Waals surface area contributed by atoms with Crippen LogP contribution in [0.3, 0.4) is 0 Å². The van der Waals surface area contributed by atoms with Gasteiger partial charge in [-0.25, -0.2) is 0 Å². The zero-order valence-electron chi connectivity index (χ0n) is 17.7. The van der Waals surface area contributed by atoms with E-state index in [-0.39, 0.29) is 22.5 Å². The summed E-state index contributed by atoms with van der Waals surface area (Å²) in [6.45, 7) is 20.7. The van der Waals surface area contributed by atoms with Crippen molar-refractivity contribution in [2.75, 3.05) is 6.54 Å². The fraction of sp³-hybridized carbons (Fsp3) is 0.650. The highest BCUT2D eigenvalue weighted by atomic mass is 28.4. The van der Waals surface area contributed by atoms with E-state index < -0.39 is 17.4 Å². The lowest BCUT2D eigenvalue weighted by atomic mass is 9.86. The molecule has 1 amide bonds. The van der Waals surface area contributed by atoms with Gasteiger partial charge in [-0.2, -0.15) is 0 Å². The van der Waals surface area contributed by atoms with Gasteiger partial charge in [0.25, 0.3) is 0 Å². The van der Waals surface area contributed by atoms with E-state index in [1.54, 1.807) is 0 Å². The fourth-order valence-electron chi connectivity index (χ4n) is 2.52. The molecule has 1 aliphatic rings. The van der Waals surface area contributed by atoms with Crippen molar-refractivity contribution in [3.05, 3.63) is 23.8 Å².